The second-order valence-corrected chi connectivity index (χ2v) is 11.6. The smallest absolute Gasteiger partial charge is 0.410 e. The Labute approximate surface area is 238 Å². The van der Waals surface area contributed by atoms with Gasteiger partial charge in [-0.05, 0) is 13.3 Å². The molecule has 0 saturated carbocycles. The molecule has 4 rings (SSSR count). The molecule has 13 heteroatoms. The number of thioether (sulfide) groups is 1. The average molecular weight is 579 g/mol. The lowest BCUT2D eigenvalue weighted by molar-refractivity contribution is -0.164. The molecule has 40 heavy (non-hydrogen) atoms. The molecule has 3 saturated heterocycles. The molecule has 0 bridgehead atoms. The van der Waals surface area contributed by atoms with Gasteiger partial charge in [-0.3, -0.25) is 4.79 Å². The van der Waals surface area contributed by atoms with Gasteiger partial charge >= 0.3 is 18.1 Å². The Balaban J connectivity index is 1.52. The molecule has 12 nitrogen and oxygen atoms in total. The van der Waals surface area contributed by atoms with Crippen molar-refractivity contribution in [2.24, 2.45) is 11.8 Å². The number of aliphatic hydroxyl groups excluding tert-OH is 1. The van der Waals surface area contributed by atoms with Crippen LogP contribution in [-0.4, -0.2) is 120 Å². The van der Waals surface area contributed by atoms with E-state index in [0.717, 1.165) is 0 Å². The average Bonchev–Trinajstić information content (AvgIpc) is 3.46. The van der Waals surface area contributed by atoms with E-state index >= 15 is 0 Å². The summed E-state index contributed by atoms with van der Waals surface area (Å²) in [5.74, 6) is -1.75. The van der Waals surface area contributed by atoms with Crippen molar-refractivity contribution in [3.05, 3.63) is 35.9 Å². The molecule has 1 unspecified atom stereocenters. The number of esters is 1. The number of likely N-dealkylation sites (tertiary alicyclic amines) is 1. The van der Waals surface area contributed by atoms with E-state index in [0.29, 0.717) is 44.2 Å². The normalized spacial score (nSPS) is 28.5. The van der Waals surface area contributed by atoms with Crippen LogP contribution < -0.4 is 5.32 Å². The molecule has 0 aromatic heterocycles. The summed E-state index contributed by atoms with van der Waals surface area (Å²) in [6.07, 6.45) is 2.10. The minimum atomic E-state index is -0.855. The molecule has 220 valence electrons. The molecule has 2 N–H and O–H groups in total. The Hall–Kier alpha value is -3.03. The van der Waals surface area contributed by atoms with Gasteiger partial charge in [0, 0.05) is 42.3 Å². The second kappa shape index (κ2) is 13.1. The number of rotatable bonds is 10. The number of urea groups is 1. The highest BCUT2D eigenvalue weighted by Crippen LogP contribution is 2.52. The first-order valence-electron chi connectivity index (χ1n) is 13.5. The Kier molecular flexibility index (Phi) is 9.80. The van der Waals surface area contributed by atoms with E-state index < -0.39 is 24.1 Å². The van der Waals surface area contributed by atoms with Crippen molar-refractivity contribution in [2.45, 2.75) is 43.7 Å². The lowest BCUT2D eigenvalue weighted by atomic mass is 9.79. The number of nitrogens with zero attached hydrogens (tertiary/aromatic N) is 3. The Morgan fingerprint density at radius 1 is 1.20 bits per heavy atom. The number of morpholine rings is 1. The molecule has 0 radical (unpaired) electrons. The topological polar surface area (TPSA) is 138 Å². The highest BCUT2D eigenvalue weighted by Gasteiger charge is 2.60. The first-order valence-corrected chi connectivity index (χ1v) is 14.4. The van der Waals surface area contributed by atoms with Crippen LogP contribution in [0.4, 0.5) is 9.59 Å². The molecular weight excluding hydrogens is 540 g/mol. The van der Waals surface area contributed by atoms with Crippen LogP contribution in [0.2, 0.25) is 0 Å². The number of carbonyl (C=O) groups is 4. The maximum atomic E-state index is 13.1. The molecule has 4 heterocycles. The van der Waals surface area contributed by atoms with Gasteiger partial charge < -0.3 is 39.3 Å². The lowest BCUT2D eigenvalue weighted by Crippen LogP contribution is -2.63. The van der Waals surface area contributed by atoms with E-state index in [4.69, 9.17) is 14.2 Å². The molecular formula is C27H38N4O8S. The van der Waals surface area contributed by atoms with Crippen molar-refractivity contribution < 1.29 is 38.5 Å². The van der Waals surface area contributed by atoms with Gasteiger partial charge in [0.25, 0.3) is 0 Å². The summed E-state index contributed by atoms with van der Waals surface area (Å²) in [6.45, 7) is 13.3. The van der Waals surface area contributed by atoms with E-state index in [-0.39, 0.29) is 60.6 Å². The predicted octanol–water partition coefficient (Wildman–Crippen LogP) is 1.33. The molecule has 0 aliphatic carbocycles. The van der Waals surface area contributed by atoms with Gasteiger partial charge in [0.05, 0.1) is 37.3 Å². The van der Waals surface area contributed by atoms with Crippen LogP contribution in [0.15, 0.2) is 35.9 Å². The highest BCUT2D eigenvalue weighted by molar-refractivity contribution is 8.03. The van der Waals surface area contributed by atoms with E-state index in [1.807, 2.05) is 6.92 Å². The molecule has 4 aliphatic heterocycles. The van der Waals surface area contributed by atoms with E-state index in [9.17, 15) is 24.3 Å². The van der Waals surface area contributed by atoms with E-state index in [1.165, 1.54) is 28.8 Å². The fraction of sp³-hybridized carbons (Fsp3) is 0.630. The molecule has 4 amide bonds. The number of carbonyl (C=O) groups excluding carboxylic acids is 4. The minimum Gasteiger partial charge on any atom is -0.457 e. The number of hydrogen-bond donors (Lipinski definition) is 2. The third-order valence-electron chi connectivity index (χ3n) is 7.65. The van der Waals surface area contributed by atoms with Crippen molar-refractivity contribution in [3.63, 3.8) is 0 Å². The second-order valence-electron chi connectivity index (χ2n) is 10.3. The fourth-order valence-electron chi connectivity index (χ4n) is 5.72. The Morgan fingerprint density at radius 3 is 2.52 bits per heavy atom. The predicted molar refractivity (Wildman–Crippen MR) is 147 cm³/mol. The molecule has 0 spiro atoms. The first kappa shape index (κ1) is 29.9. The summed E-state index contributed by atoms with van der Waals surface area (Å²) in [5, 5.41) is 13.0. The van der Waals surface area contributed by atoms with Gasteiger partial charge in [0.1, 0.15) is 18.9 Å². The summed E-state index contributed by atoms with van der Waals surface area (Å²) in [4.78, 5) is 57.0. The third kappa shape index (κ3) is 6.01. The van der Waals surface area contributed by atoms with Crippen molar-refractivity contribution in [1.82, 2.24) is 20.0 Å². The van der Waals surface area contributed by atoms with Crippen LogP contribution in [0.25, 0.3) is 0 Å². The zero-order valence-electron chi connectivity index (χ0n) is 23.0. The van der Waals surface area contributed by atoms with Crippen molar-refractivity contribution in [3.8, 4) is 0 Å². The number of amides is 4. The maximum absolute atomic E-state index is 13.1. The largest absolute Gasteiger partial charge is 0.457 e. The number of β-lactam (4-membered cyclic amide) rings is 1. The third-order valence-corrected chi connectivity index (χ3v) is 9.14. The highest BCUT2D eigenvalue weighted by atomic mass is 32.2. The van der Waals surface area contributed by atoms with Crippen molar-refractivity contribution in [2.75, 3.05) is 52.6 Å². The molecule has 6 atom stereocenters. The van der Waals surface area contributed by atoms with Gasteiger partial charge in [-0.25, -0.2) is 14.4 Å². The standard InChI is InChI=1S/C27H38N4O8S/c1-5-9-38-25(34)22-23(16(3)21-20(17(4)32)24(33)31(21)22)40-19-13-18(30(15-19)27(36)39-10-6-2)14-28-26(35)29-7-11-37-12-8-29/h5-6,16-21,32H,1-2,7-15H2,3-4H3,(H,28,35)/t16-,17-,18+,19+,20?,21-/m1/s1. The lowest BCUT2D eigenvalue weighted by Gasteiger charge is -2.46. The monoisotopic (exact) mass is 578 g/mol. The molecule has 3 fully saturated rings. The van der Waals surface area contributed by atoms with Crippen LogP contribution in [0, 0.1) is 11.8 Å². The zero-order valence-corrected chi connectivity index (χ0v) is 23.8. The zero-order chi connectivity index (χ0) is 29.0. The number of hydrogen-bond acceptors (Lipinski definition) is 9. The van der Waals surface area contributed by atoms with Gasteiger partial charge in [-0.1, -0.05) is 32.2 Å². The SMILES string of the molecule is C=CCOC(=O)C1=C(S[C@H]2C[C@@H](CNC(=O)N3CCOCC3)N(C(=O)OCC=C)C2)[C@H](C)[C@@H]2C([C@@H](C)O)C(=O)N12. The Bertz CT molecular complexity index is 1060. The van der Waals surface area contributed by atoms with Crippen LogP contribution in [0.5, 0.6) is 0 Å². The quantitative estimate of drug-likeness (QED) is 0.223. The summed E-state index contributed by atoms with van der Waals surface area (Å²) in [6, 6.07) is -0.901. The number of aliphatic hydroxyl groups is 1. The van der Waals surface area contributed by atoms with Crippen molar-refractivity contribution >= 4 is 35.8 Å². The van der Waals surface area contributed by atoms with Gasteiger partial charge in [-0.2, -0.15) is 0 Å². The maximum Gasteiger partial charge on any atom is 0.410 e. The molecule has 4 aliphatic rings. The van der Waals surface area contributed by atoms with Crippen LogP contribution >= 0.6 is 11.8 Å². The van der Waals surface area contributed by atoms with Crippen molar-refractivity contribution in [1.29, 1.82) is 0 Å². The van der Waals surface area contributed by atoms with Gasteiger partial charge in [0.15, 0.2) is 0 Å². The van der Waals surface area contributed by atoms with Crippen LogP contribution in [0.3, 0.4) is 0 Å². The number of ether oxygens (including phenoxy) is 3. The summed E-state index contributed by atoms with van der Waals surface area (Å²) in [5.41, 5.74) is 0.191. The molecule has 0 aromatic carbocycles. The van der Waals surface area contributed by atoms with Crippen LogP contribution in [-0.2, 0) is 23.8 Å². The number of nitrogens with one attached hydrogen (secondary N) is 1. The number of fused-ring (bicyclic) bond motifs is 1. The Morgan fingerprint density at radius 2 is 1.88 bits per heavy atom. The van der Waals surface area contributed by atoms with Crippen LogP contribution in [0.1, 0.15) is 20.3 Å². The minimum absolute atomic E-state index is 0.00153. The summed E-state index contributed by atoms with van der Waals surface area (Å²) in [7, 11) is 0. The van der Waals surface area contributed by atoms with E-state index in [2.05, 4.69) is 18.5 Å². The van der Waals surface area contributed by atoms with Gasteiger partial charge in [0.2, 0.25) is 5.91 Å². The summed E-state index contributed by atoms with van der Waals surface area (Å²) < 4.78 is 15.9. The molecule has 0 aromatic rings. The fourth-order valence-corrected chi connectivity index (χ4v) is 7.28. The van der Waals surface area contributed by atoms with E-state index in [1.54, 1.807) is 16.7 Å². The first-order chi connectivity index (χ1) is 19.2. The summed E-state index contributed by atoms with van der Waals surface area (Å²) >= 11 is 1.44. The van der Waals surface area contributed by atoms with Gasteiger partial charge in [-0.15, -0.1) is 11.8 Å².